The maximum atomic E-state index is 14.9. The van der Waals surface area contributed by atoms with Gasteiger partial charge in [-0.05, 0) is 193 Å². The molecule has 750 valence electrons. The molecule has 30 nitrogen and oxygen atoms in total. The van der Waals surface area contributed by atoms with Gasteiger partial charge in [-0.25, -0.2) is 0 Å². The van der Waals surface area contributed by atoms with Gasteiger partial charge in [-0.2, -0.15) is 0 Å². The molecule has 0 fully saturated rings. The van der Waals surface area contributed by atoms with Crippen LogP contribution >= 0.6 is 0 Å². The van der Waals surface area contributed by atoms with Gasteiger partial charge in [-0.15, -0.1) is 0 Å². The molecular formula is C88H180Cl8N18O12. The van der Waals surface area contributed by atoms with Crippen molar-refractivity contribution in [3.05, 3.63) is 24.3 Å². The van der Waals surface area contributed by atoms with Crippen LogP contribution in [0.4, 0.5) is 0 Å². The molecule has 0 bridgehead atoms. The lowest BCUT2D eigenvalue weighted by Gasteiger charge is -2.30. The van der Waals surface area contributed by atoms with E-state index >= 15 is 0 Å². The number of nitrogens with one attached hydrogen (secondary N) is 8. The molecule has 126 heavy (non-hydrogen) atoms. The fourth-order valence-corrected chi connectivity index (χ4v) is 14.2. The topological polar surface area (TPSA) is 535 Å². The molecule has 38 heteroatoms. The number of aliphatic hydroxyl groups is 2. The zero-order valence-electron chi connectivity index (χ0n) is 77.7. The van der Waals surface area contributed by atoms with Crippen LogP contribution in [-0.2, 0) is 47.9 Å². The molecular weight excluding hydrogens is 1780 g/mol. The summed E-state index contributed by atoms with van der Waals surface area (Å²) in [7, 11) is 0. The van der Waals surface area contributed by atoms with Crippen LogP contribution in [-0.4, -0.2) is 219 Å². The van der Waals surface area contributed by atoms with E-state index in [0.717, 1.165) is 129 Å². The highest BCUT2D eigenvalue weighted by Crippen LogP contribution is 2.16. The number of unbranched alkanes of at least 4 members (excludes halogenated alkanes) is 29. The maximum absolute atomic E-state index is 14.9. The maximum Gasteiger partial charge on any atom is 0.278 e. The normalized spacial score (nSPS) is 12.7. The van der Waals surface area contributed by atoms with E-state index in [1.165, 1.54) is 86.8 Å². The van der Waals surface area contributed by atoms with Crippen LogP contribution in [0.1, 0.15) is 335 Å². The minimum atomic E-state index is -1.47. The molecule has 0 aliphatic heterocycles. The SMILES string of the molecule is CCCCCCCC/C=C\CCCCCCCC(=O)NCCCN(CCCCN(CCCNC(=O)CCCCCCC/C=C\CCCCCCCC)C(=O)[C@H](CO)NC(=O)[C@H](CCCC[NH3+])NC(=O)[C@H](CCCC[NH3+])NC(=O)[C@@H]([NH3+])CCCC[NH3+])C(=O)[C@H](CO)NC(=O)[C@H](CCCC[NH3+])NC(=O)[C@H](CCCC[NH3+])NC(=O)[C@@H]([NH3+])CCCC[NH3+].[Cl-].[Cl-].[Cl-].[Cl-].[Cl-].[Cl-].[Cl-].[Cl-]. The number of nitrogens with zero attached hydrogens (tertiary/aromatic N) is 2. The molecule has 0 radical (unpaired) electrons. The minimum absolute atomic E-state index is 0. The third-order valence-corrected chi connectivity index (χ3v) is 21.9. The molecule has 0 aromatic rings. The molecule has 0 saturated heterocycles. The van der Waals surface area contributed by atoms with Gasteiger partial charge in [0, 0.05) is 65.0 Å². The fourth-order valence-electron chi connectivity index (χ4n) is 14.2. The summed E-state index contributed by atoms with van der Waals surface area (Å²) in [5.74, 6) is -4.80. The van der Waals surface area contributed by atoms with Crippen molar-refractivity contribution in [3.63, 3.8) is 0 Å². The molecule has 0 spiro atoms. The van der Waals surface area contributed by atoms with E-state index in [2.05, 4.69) is 127 Å². The monoisotopic (exact) mass is 1960 g/mol. The van der Waals surface area contributed by atoms with Gasteiger partial charge in [-0.1, -0.05) is 141 Å². The molecule has 0 unspecified atom stereocenters. The third kappa shape index (κ3) is 76.6. The summed E-state index contributed by atoms with van der Waals surface area (Å²) in [6.45, 7) is 7.48. The zero-order chi connectivity index (χ0) is 87.3. The van der Waals surface area contributed by atoms with E-state index in [0.29, 0.717) is 116 Å². The highest BCUT2D eigenvalue weighted by Gasteiger charge is 2.35. The Morgan fingerprint density at radius 1 is 0.270 bits per heavy atom. The van der Waals surface area contributed by atoms with Crippen molar-refractivity contribution in [1.82, 2.24) is 52.3 Å². The smallest absolute Gasteiger partial charge is 0.278 e. The fraction of sp³-hybridized carbons (Fsp3) is 0.841. The van der Waals surface area contributed by atoms with E-state index in [1.54, 1.807) is 0 Å². The first kappa shape index (κ1) is 140. The number of allylic oxidation sites excluding steroid dienone is 4. The number of halogens is 8. The first-order chi connectivity index (χ1) is 57.3. The lowest BCUT2D eigenvalue weighted by molar-refractivity contribution is -0.406. The largest absolute Gasteiger partial charge is 1.00 e. The van der Waals surface area contributed by atoms with Crippen molar-refractivity contribution in [3.8, 4) is 0 Å². The second kappa shape index (κ2) is 100. The Labute approximate surface area is 808 Å². The highest BCUT2D eigenvalue weighted by molar-refractivity contribution is 5.96. The third-order valence-electron chi connectivity index (χ3n) is 21.9. The molecule has 0 heterocycles. The van der Waals surface area contributed by atoms with E-state index in [-0.39, 0.29) is 201 Å². The van der Waals surface area contributed by atoms with Crippen molar-refractivity contribution in [1.29, 1.82) is 0 Å². The molecule has 0 aliphatic carbocycles. The predicted molar refractivity (Wildman–Crippen MR) is 465 cm³/mol. The summed E-state index contributed by atoms with van der Waals surface area (Å²) >= 11 is 0. The second-order valence-corrected chi connectivity index (χ2v) is 32.7. The van der Waals surface area contributed by atoms with Crippen molar-refractivity contribution < 1.29 is 203 Å². The number of carbonyl (C=O) groups is 10. The van der Waals surface area contributed by atoms with Crippen LogP contribution in [0.25, 0.3) is 0 Å². The first-order valence-corrected chi connectivity index (χ1v) is 47.1. The van der Waals surface area contributed by atoms with Crippen molar-refractivity contribution in [2.45, 2.75) is 383 Å². The Bertz CT molecular complexity index is 2500. The summed E-state index contributed by atoms with van der Waals surface area (Å²) in [6, 6.07) is -8.46. The number of carbonyl (C=O) groups excluding carboxylic acids is 10. The van der Waals surface area contributed by atoms with Gasteiger partial charge in [0.25, 0.3) is 11.8 Å². The lowest BCUT2D eigenvalue weighted by atomic mass is 10.0. The summed E-state index contributed by atoms with van der Waals surface area (Å²) in [5.41, 5.74) is 31.6. The average molecular weight is 1970 g/mol. The van der Waals surface area contributed by atoms with Crippen LogP contribution in [0.15, 0.2) is 24.3 Å². The molecule has 0 saturated carbocycles. The Morgan fingerprint density at radius 2 is 0.492 bits per heavy atom. The Kier molecular flexibility index (Phi) is 111. The van der Waals surface area contributed by atoms with E-state index in [9.17, 15) is 58.2 Å². The molecule has 10 amide bonds. The lowest BCUT2D eigenvalue weighted by Crippen LogP contribution is -3.00. The molecule has 8 atom stereocenters. The highest BCUT2D eigenvalue weighted by atomic mass is 35.5. The van der Waals surface area contributed by atoms with Crippen LogP contribution in [0.2, 0.25) is 0 Å². The second-order valence-electron chi connectivity index (χ2n) is 32.7. The van der Waals surface area contributed by atoms with E-state index < -0.39 is 97.0 Å². The van der Waals surface area contributed by atoms with Crippen LogP contribution in [0, 0.1) is 0 Å². The number of amides is 10. The van der Waals surface area contributed by atoms with Crippen molar-refractivity contribution >= 4 is 59.1 Å². The predicted octanol–water partition coefficient (Wildman–Crippen LogP) is -22.9. The molecule has 0 rings (SSSR count). The van der Waals surface area contributed by atoms with Gasteiger partial charge >= 0.3 is 0 Å². The first-order valence-electron chi connectivity index (χ1n) is 47.1. The summed E-state index contributed by atoms with van der Waals surface area (Å²) in [4.78, 5) is 144. The summed E-state index contributed by atoms with van der Waals surface area (Å²) in [5, 5.41) is 45.0. The van der Waals surface area contributed by atoms with E-state index in [1.807, 2.05) is 0 Å². The summed E-state index contributed by atoms with van der Waals surface area (Å²) in [6.07, 6.45) is 50.6. The molecule has 34 N–H and O–H groups in total. The van der Waals surface area contributed by atoms with E-state index in [4.69, 9.17) is 0 Å². The van der Waals surface area contributed by atoms with Gasteiger partial charge in [0.2, 0.25) is 47.3 Å². The van der Waals surface area contributed by atoms with Gasteiger partial charge in [0.1, 0.15) is 36.3 Å². The van der Waals surface area contributed by atoms with Crippen LogP contribution in [0.3, 0.4) is 0 Å². The number of quaternary nitrogens is 8. The van der Waals surface area contributed by atoms with Gasteiger partial charge in [-0.3, -0.25) is 47.9 Å². The standard InChI is InChI=1S/C88H172N18O12.8ClH/c1-3-5-7-9-11-13-15-17-19-21-23-25-27-29-31-55-79(109)97-63-47-67-105(87(117)77(69-107)103-85(115)75(53-37-43-61-93)101-83(113)73(51-35-41-59-91)99-81(111)71(95)49-33-39-57-89)65-45-46-66-106(68-48-64-98-80(110)56-32-30-28-26-24-22-20-18-16-14-12-10-8-6-4-2)88(118)78(70-108)104-86(116)76(54-38-44-62-94)102-84(114)74(52-36-42-60-92)100-82(112)72(96)50-34-40-58-90;;;;;;;;/h17-20,71-78,107-108H,3-16,21-70,89-96H2,1-2H3,(H,97,109)(H,98,110)(H,99,111)(H,100,112)(H,101,113)(H,102,114)(H,103,115)(H,104,116);8*1H/b19-17-,20-18-;;;;;;;;/t71-,72-,73-,74-,75-,76-,77-,78-;;;;;;;;/m0......../s1. The average Bonchev–Trinajstić information content (AvgIpc) is 0.860. The number of aliphatic hydroxyl groups excluding tert-OH is 2. The Morgan fingerprint density at radius 3 is 0.746 bits per heavy atom. The minimum Gasteiger partial charge on any atom is -1.00 e. The van der Waals surface area contributed by atoms with Gasteiger partial charge < -0.3 is 208 Å². The Balaban J connectivity index is -0.00000244. The van der Waals surface area contributed by atoms with Gasteiger partial charge in [0.15, 0.2) is 12.1 Å². The number of hydrogen-bond acceptors (Lipinski definition) is 12. The summed E-state index contributed by atoms with van der Waals surface area (Å²) < 4.78 is 0. The Hall–Kier alpha value is -3.90. The molecule has 0 aliphatic rings. The van der Waals surface area contributed by atoms with Crippen molar-refractivity contribution in [2.24, 2.45) is 0 Å². The molecule has 0 aromatic carbocycles. The van der Waals surface area contributed by atoms with Gasteiger partial charge in [0.05, 0.1) is 52.5 Å². The zero-order valence-corrected chi connectivity index (χ0v) is 83.8. The van der Waals surface area contributed by atoms with Crippen molar-refractivity contribution in [2.75, 3.05) is 91.8 Å². The quantitative estimate of drug-likeness (QED) is 0.0200. The molecule has 0 aromatic heterocycles. The number of rotatable bonds is 83. The van der Waals surface area contributed by atoms with Crippen LogP contribution in [0.5, 0.6) is 0 Å². The number of hydrogen-bond donors (Lipinski definition) is 18. The van der Waals surface area contributed by atoms with Crippen LogP contribution < -0.4 is 188 Å².